The first-order valence-electron chi connectivity index (χ1n) is 5.46. The van der Waals surface area contributed by atoms with E-state index in [1.165, 1.54) is 0 Å². The number of nitrogens with one attached hydrogen (secondary N) is 2. The molecule has 0 unspecified atom stereocenters. The lowest BCUT2D eigenvalue weighted by Crippen LogP contribution is -2.49. The standard InChI is InChI=1S/C10H25N3O2S/c1-9(2,3)13-16(14,15)12-8-10(4,5)6-7-11/h12-13H,6-8,11H2,1-5H3. The molecule has 0 fully saturated rings. The summed E-state index contributed by atoms with van der Waals surface area (Å²) in [4.78, 5) is 0. The molecule has 0 bridgehead atoms. The summed E-state index contributed by atoms with van der Waals surface area (Å²) in [6.45, 7) is 10.3. The molecule has 0 aliphatic rings. The van der Waals surface area contributed by atoms with Crippen molar-refractivity contribution in [3.63, 3.8) is 0 Å². The highest BCUT2D eigenvalue weighted by Crippen LogP contribution is 2.17. The fourth-order valence-electron chi connectivity index (χ4n) is 1.21. The predicted octanol–water partition coefficient (Wildman–Crippen LogP) is 0.584. The van der Waals surface area contributed by atoms with Crippen LogP contribution in [0.3, 0.4) is 0 Å². The summed E-state index contributed by atoms with van der Waals surface area (Å²) in [7, 11) is -3.43. The largest absolute Gasteiger partial charge is 0.330 e. The second-order valence-electron chi connectivity index (χ2n) is 5.88. The molecule has 0 saturated heterocycles. The Bertz CT molecular complexity index is 305. The fraction of sp³-hybridized carbons (Fsp3) is 1.00. The normalized spacial score (nSPS) is 14.1. The summed E-state index contributed by atoms with van der Waals surface area (Å²) in [5.74, 6) is 0. The molecule has 0 saturated carbocycles. The zero-order chi connectivity index (χ0) is 13.0. The van der Waals surface area contributed by atoms with Crippen LogP contribution >= 0.6 is 0 Å². The van der Waals surface area contributed by atoms with Gasteiger partial charge in [-0.25, -0.2) is 4.72 Å². The van der Waals surface area contributed by atoms with Crippen LogP contribution in [0.15, 0.2) is 0 Å². The lowest BCUT2D eigenvalue weighted by molar-refractivity contribution is 0.338. The van der Waals surface area contributed by atoms with E-state index in [-0.39, 0.29) is 5.41 Å². The van der Waals surface area contributed by atoms with E-state index in [0.29, 0.717) is 13.1 Å². The molecule has 0 radical (unpaired) electrons. The second kappa shape index (κ2) is 5.44. The summed E-state index contributed by atoms with van der Waals surface area (Å²) in [5, 5.41) is 0. The van der Waals surface area contributed by atoms with E-state index in [0.717, 1.165) is 6.42 Å². The van der Waals surface area contributed by atoms with Crippen molar-refractivity contribution >= 4 is 10.2 Å². The molecule has 0 aromatic heterocycles. The van der Waals surface area contributed by atoms with Gasteiger partial charge in [0.15, 0.2) is 0 Å². The zero-order valence-corrected chi connectivity index (χ0v) is 11.7. The Morgan fingerprint density at radius 2 is 1.62 bits per heavy atom. The van der Waals surface area contributed by atoms with Crippen molar-refractivity contribution < 1.29 is 8.42 Å². The van der Waals surface area contributed by atoms with Crippen LogP contribution in [0.2, 0.25) is 0 Å². The molecule has 5 nitrogen and oxygen atoms in total. The number of hydrogen-bond donors (Lipinski definition) is 3. The number of hydrogen-bond acceptors (Lipinski definition) is 3. The van der Waals surface area contributed by atoms with Crippen molar-refractivity contribution in [1.82, 2.24) is 9.44 Å². The predicted molar refractivity (Wildman–Crippen MR) is 67.3 cm³/mol. The zero-order valence-electron chi connectivity index (χ0n) is 10.9. The summed E-state index contributed by atoms with van der Waals surface area (Å²) in [6, 6.07) is 0. The first-order valence-corrected chi connectivity index (χ1v) is 6.94. The quantitative estimate of drug-likeness (QED) is 0.646. The Kier molecular flexibility index (Phi) is 5.38. The van der Waals surface area contributed by atoms with Crippen molar-refractivity contribution in [2.75, 3.05) is 13.1 Å². The van der Waals surface area contributed by atoms with Gasteiger partial charge in [-0.05, 0) is 39.2 Å². The minimum atomic E-state index is -3.43. The van der Waals surface area contributed by atoms with Crippen LogP contribution in [0, 0.1) is 5.41 Å². The molecule has 0 amide bonds. The van der Waals surface area contributed by atoms with Gasteiger partial charge >= 0.3 is 0 Å². The first-order chi connectivity index (χ1) is 6.97. The molecule has 0 spiro atoms. The fourth-order valence-corrected chi connectivity index (χ4v) is 2.67. The van der Waals surface area contributed by atoms with Crippen LogP contribution in [0.25, 0.3) is 0 Å². The Morgan fingerprint density at radius 3 is 2.00 bits per heavy atom. The molecule has 98 valence electrons. The van der Waals surface area contributed by atoms with Gasteiger partial charge in [0.25, 0.3) is 10.2 Å². The highest BCUT2D eigenvalue weighted by molar-refractivity contribution is 7.87. The van der Waals surface area contributed by atoms with Gasteiger partial charge in [0.2, 0.25) is 0 Å². The Morgan fingerprint density at radius 1 is 1.12 bits per heavy atom. The lowest BCUT2D eigenvalue weighted by atomic mass is 9.90. The van der Waals surface area contributed by atoms with Gasteiger partial charge in [0, 0.05) is 12.1 Å². The molecular formula is C10H25N3O2S. The van der Waals surface area contributed by atoms with Gasteiger partial charge < -0.3 is 5.73 Å². The van der Waals surface area contributed by atoms with Gasteiger partial charge in [-0.15, -0.1) is 0 Å². The summed E-state index contributed by atoms with van der Waals surface area (Å²) in [5.41, 5.74) is 4.87. The van der Waals surface area contributed by atoms with E-state index in [2.05, 4.69) is 9.44 Å². The maximum atomic E-state index is 11.6. The van der Waals surface area contributed by atoms with Crippen LogP contribution in [0.4, 0.5) is 0 Å². The third kappa shape index (κ3) is 8.04. The number of nitrogens with two attached hydrogens (primary N) is 1. The SMILES string of the molecule is CC(C)(CCN)CNS(=O)(=O)NC(C)(C)C. The third-order valence-corrected chi connectivity index (χ3v) is 3.41. The van der Waals surface area contributed by atoms with E-state index in [1.54, 1.807) is 20.8 Å². The summed E-state index contributed by atoms with van der Waals surface area (Å²) in [6.07, 6.45) is 0.783. The Hall–Kier alpha value is -0.170. The van der Waals surface area contributed by atoms with Crippen LogP contribution in [0.5, 0.6) is 0 Å². The van der Waals surface area contributed by atoms with Gasteiger partial charge in [0.05, 0.1) is 0 Å². The first kappa shape index (κ1) is 15.8. The molecule has 0 aromatic rings. The third-order valence-electron chi connectivity index (χ3n) is 2.00. The summed E-state index contributed by atoms with van der Waals surface area (Å²) >= 11 is 0. The van der Waals surface area contributed by atoms with Crippen LogP contribution in [-0.2, 0) is 10.2 Å². The average molecular weight is 251 g/mol. The maximum absolute atomic E-state index is 11.6. The van der Waals surface area contributed by atoms with Gasteiger partial charge in [-0.3, -0.25) is 0 Å². The van der Waals surface area contributed by atoms with Crippen molar-refractivity contribution in [2.45, 2.75) is 46.6 Å². The number of rotatable bonds is 6. The minimum absolute atomic E-state index is 0.124. The van der Waals surface area contributed by atoms with E-state index < -0.39 is 15.7 Å². The topological polar surface area (TPSA) is 84.2 Å². The van der Waals surface area contributed by atoms with Crippen LogP contribution in [-0.4, -0.2) is 27.0 Å². The molecule has 0 aromatic carbocycles. The minimum Gasteiger partial charge on any atom is -0.330 e. The van der Waals surface area contributed by atoms with Gasteiger partial charge in [-0.1, -0.05) is 13.8 Å². The molecule has 0 aliphatic heterocycles. The van der Waals surface area contributed by atoms with E-state index >= 15 is 0 Å². The molecular weight excluding hydrogens is 226 g/mol. The smallest absolute Gasteiger partial charge is 0.277 e. The van der Waals surface area contributed by atoms with Gasteiger partial charge in [0.1, 0.15) is 0 Å². The highest BCUT2D eigenvalue weighted by atomic mass is 32.2. The molecule has 16 heavy (non-hydrogen) atoms. The molecule has 4 N–H and O–H groups in total. The Balaban J connectivity index is 4.30. The Labute approximate surface area is 99.4 Å². The molecule has 0 atom stereocenters. The van der Waals surface area contributed by atoms with Gasteiger partial charge in [-0.2, -0.15) is 13.1 Å². The van der Waals surface area contributed by atoms with Crippen molar-refractivity contribution in [3.05, 3.63) is 0 Å². The van der Waals surface area contributed by atoms with E-state index in [1.807, 2.05) is 13.8 Å². The van der Waals surface area contributed by atoms with Crippen LogP contribution < -0.4 is 15.2 Å². The summed E-state index contributed by atoms with van der Waals surface area (Å²) < 4.78 is 28.4. The van der Waals surface area contributed by atoms with Crippen molar-refractivity contribution in [2.24, 2.45) is 11.1 Å². The molecule has 6 heteroatoms. The molecule has 0 rings (SSSR count). The monoisotopic (exact) mass is 251 g/mol. The maximum Gasteiger partial charge on any atom is 0.277 e. The highest BCUT2D eigenvalue weighted by Gasteiger charge is 2.23. The second-order valence-corrected chi connectivity index (χ2v) is 7.38. The van der Waals surface area contributed by atoms with Crippen molar-refractivity contribution in [3.8, 4) is 0 Å². The van der Waals surface area contributed by atoms with Crippen LogP contribution in [0.1, 0.15) is 41.0 Å². The van der Waals surface area contributed by atoms with Crippen molar-refractivity contribution in [1.29, 1.82) is 0 Å². The average Bonchev–Trinajstić information content (AvgIpc) is 1.97. The van der Waals surface area contributed by atoms with E-state index in [9.17, 15) is 8.42 Å². The molecule has 0 aliphatic carbocycles. The lowest BCUT2D eigenvalue weighted by Gasteiger charge is -2.26. The van der Waals surface area contributed by atoms with E-state index in [4.69, 9.17) is 5.73 Å². The molecule has 0 heterocycles.